The van der Waals surface area contributed by atoms with E-state index in [1.54, 1.807) is 22.9 Å². The van der Waals surface area contributed by atoms with Gasteiger partial charge in [0.25, 0.3) is 5.56 Å². The van der Waals surface area contributed by atoms with Gasteiger partial charge < -0.3 is 29.7 Å². The highest BCUT2D eigenvalue weighted by Crippen LogP contribution is 2.46. The van der Waals surface area contributed by atoms with Crippen molar-refractivity contribution in [2.24, 2.45) is 31.8 Å². The number of aromatic nitrogens is 5. The average Bonchev–Trinajstić information content (AvgIpc) is 4.08. The zero-order chi connectivity index (χ0) is 45.5. The van der Waals surface area contributed by atoms with E-state index in [4.69, 9.17) is 16.3 Å². The Hall–Kier alpha value is -5.56. The Bertz CT molecular complexity index is 2770. The zero-order valence-electron chi connectivity index (χ0n) is 35.7. The molecule has 5 aromatic rings. The Labute approximate surface area is 374 Å². The van der Waals surface area contributed by atoms with E-state index in [2.05, 4.69) is 48.0 Å². The Morgan fingerprint density at radius 3 is 2.48 bits per heavy atom. The monoisotopic (exact) mass is 922 g/mol. The lowest BCUT2D eigenvalue weighted by Gasteiger charge is -2.42. The summed E-state index contributed by atoms with van der Waals surface area (Å²) in [4.78, 5) is 50.2. The largest absolute Gasteiger partial charge is 0.480 e. The van der Waals surface area contributed by atoms with Crippen LogP contribution in [0, 0.1) is 17.8 Å². The fourth-order valence-electron chi connectivity index (χ4n) is 10.3. The lowest BCUT2D eigenvalue weighted by atomic mass is 9.83. The molecule has 65 heavy (non-hydrogen) atoms. The van der Waals surface area contributed by atoms with Crippen LogP contribution < -0.4 is 31.1 Å². The fraction of sp³-hybridized carbons (Fsp3) is 0.511. The Balaban J connectivity index is 0.812. The average molecular weight is 923 g/mol. The number of carbonyl (C=O) groups excluding carboxylic acids is 2. The summed E-state index contributed by atoms with van der Waals surface area (Å²) in [5.41, 5.74) is 3.20. The molecule has 10 rings (SSSR count). The molecule has 0 spiro atoms. The van der Waals surface area contributed by atoms with Crippen molar-refractivity contribution >= 4 is 68.4 Å². The third-order valence-electron chi connectivity index (χ3n) is 14.1. The molecule has 3 aromatic heterocycles. The fourth-order valence-corrected chi connectivity index (χ4v) is 10.5. The van der Waals surface area contributed by atoms with Crippen LogP contribution in [0.3, 0.4) is 0 Å². The van der Waals surface area contributed by atoms with Gasteiger partial charge in [-0.25, -0.2) is 13.8 Å². The Morgan fingerprint density at radius 1 is 0.954 bits per heavy atom. The van der Waals surface area contributed by atoms with Gasteiger partial charge in [-0.3, -0.25) is 24.4 Å². The number of fused-ring (bicyclic) bond motifs is 4. The zero-order valence-corrected chi connectivity index (χ0v) is 36.5. The van der Waals surface area contributed by atoms with Gasteiger partial charge in [-0.05, 0) is 99.2 Å². The van der Waals surface area contributed by atoms with Crippen LogP contribution in [0.15, 0.2) is 47.4 Å². The third kappa shape index (κ3) is 8.23. The highest BCUT2D eigenvalue weighted by molar-refractivity contribution is 6.33. The number of hydrogen-bond acceptors (Lipinski definition) is 11. The number of halogens is 6. The minimum atomic E-state index is -4.47. The van der Waals surface area contributed by atoms with E-state index >= 15 is 8.78 Å². The van der Waals surface area contributed by atoms with Crippen molar-refractivity contribution in [1.82, 2.24) is 34.5 Å². The van der Waals surface area contributed by atoms with Crippen LogP contribution in [0.2, 0.25) is 5.02 Å². The minimum absolute atomic E-state index is 0.0849. The summed E-state index contributed by atoms with van der Waals surface area (Å²) in [6, 6.07) is 9.93. The van der Waals surface area contributed by atoms with Gasteiger partial charge in [-0.15, -0.1) is 0 Å². The van der Waals surface area contributed by atoms with Crippen LogP contribution in [0.4, 0.5) is 45.1 Å². The first-order valence-electron chi connectivity index (χ1n) is 22.1. The number of nitrogens with zero attached hydrogens (tertiary/aromatic N) is 7. The van der Waals surface area contributed by atoms with Crippen LogP contribution in [0.1, 0.15) is 68.0 Å². The van der Waals surface area contributed by atoms with Crippen molar-refractivity contribution in [3.63, 3.8) is 0 Å². The van der Waals surface area contributed by atoms with Crippen LogP contribution >= 0.6 is 11.6 Å². The van der Waals surface area contributed by atoms with Crippen molar-refractivity contribution in [2.75, 3.05) is 54.9 Å². The van der Waals surface area contributed by atoms with E-state index in [1.807, 2.05) is 13.1 Å². The first kappa shape index (κ1) is 43.3. The van der Waals surface area contributed by atoms with Crippen LogP contribution in [-0.4, -0.2) is 98.5 Å². The number of likely N-dealkylation sites (tertiary alicyclic amines) is 1. The molecular formula is C45H48ClF5N10O4. The van der Waals surface area contributed by atoms with Crippen molar-refractivity contribution in [2.45, 2.75) is 74.9 Å². The lowest BCUT2D eigenvalue weighted by Crippen LogP contribution is -2.51. The summed E-state index contributed by atoms with van der Waals surface area (Å²) in [5, 5.41) is 14.6. The molecule has 2 aromatic carbocycles. The second-order valence-corrected chi connectivity index (χ2v) is 18.7. The molecule has 1 saturated carbocycles. The van der Waals surface area contributed by atoms with Crippen molar-refractivity contribution in [3.8, 4) is 5.75 Å². The molecule has 1 unspecified atom stereocenters. The van der Waals surface area contributed by atoms with Gasteiger partial charge in [0.15, 0.2) is 12.4 Å². The number of anilines is 4. The third-order valence-corrected chi connectivity index (χ3v) is 14.4. The number of alkyl halides is 5. The van der Waals surface area contributed by atoms with E-state index in [0.717, 1.165) is 29.3 Å². The molecule has 0 radical (unpaired) electrons. The highest BCUT2D eigenvalue weighted by atomic mass is 35.5. The number of pyridine rings is 1. The quantitative estimate of drug-likeness (QED) is 0.107. The van der Waals surface area contributed by atoms with E-state index in [0.29, 0.717) is 67.7 Å². The molecule has 4 atom stereocenters. The van der Waals surface area contributed by atoms with Crippen LogP contribution in [-0.2, 0) is 23.7 Å². The normalized spacial score (nSPS) is 24.3. The number of ether oxygens (including phenoxy) is 1. The van der Waals surface area contributed by atoms with Crippen molar-refractivity contribution in [1.29, 1.82) is 0 Å². The van der Waals surface area contributed by atoms with Crippen LogP contribution in [0.25, 0.3) is 21.8 Å². The molecule has 14 nitrogen and oxygen atoms in total. The molecule has 7 heterocycles. The van der Waals surface area contributed by atoms with Gasteiger partial charge in [0.1, 0.15) is 5.02 Å². The number of piperidine rings is 3. The molecule has 20 heteroatoms. The molecular weight excluding hydrogens is 875 g/mol. The van der Waals surface area contributed by atoms with E-state index in [9.17, 15) is 27.6 Å². The predicted octanol–water partition coefficient (Wildman–Crippen LogP) is 7.24. The maximum atomic E-state index is 15.2. The summed E-state index contributed by atoms with van der Waals surface area (Å²) in [5.74, 6) is -6.59. The molecule has 1 aliphatic carbocycles. The first-order chi connectivity index (χ1) is 31.0. The topological polar surface area (TPSA) is 152 Å². The van der Waals surface area contributed by atoms with Crippen molar-refractivity contribution < 1.29 is 36.3 Å². The SMILES string of the molecule is Cn1nc(C2CCC(=O)NC2=O)c2ccc(C3CCN(C[C@H]4CCN(c5ncc(Cl)c(Nc6ccc7c(c6)c6c(c(=O)n7C)OCC(F)(F)[C@H](C7CC7)N6)n5)C[C@H]4C(F)(F)F)CC3)cc21. The molecule has 344 valence electrons. The molecule has 0 bridgehead atoms. The van der Waals surface area contributed by atoms with Gasteiger partial charge in [-0.1, -0.05) is 23.7 Å². The summed E-state index contributed by atoms with van der Waals surface area (Å²) in [6.45, 7) is 0.662. The van der Waals surface area contributed by atoms with E-state index in [1.165, 1.54) is 22.7 Å². The summed E-state index contributed by atoms with van der Waals surface area (Å²) in [6.07, 6.45) is 0.658. The van der Waals surface area contributed by atoms with Gasteiger partial charge in [0, 0.05) is 56.6 Å². The highest BCUT2D eigenvalue weighted by Gasteiger charge is 2.51. The van der Waals surface area contributed by atoms with E-state index < -0.39 is 48.1 Å². The van der Waals surface area contributed by atoms with Crippen molar-refractivity contribution in [3.05, 3.63) is 69.2 Å². The second-order valence-electron chi connectivity index (χ2n) is 18.3. The standard InChI is InChI=1S/C45H48ClF5N10O4/c1-58-33-9-6-27(18-30(33)37-38(42(58)64)65-22-44(47,48)39(55-37)24-3-4-24)53-40-32(46)19-52-43(56-40)61-16-13-26(31(21-61)45(49,50)51)20-60-14-11-23(12-15-60)25-5-7-28-34(17-25)59(2)57-36(28)29-8-10-35(62)54-41(29)63/h5-7,9,17-19,23-24,26,29,31,39,55H,3-4,8,10-16,20-22H2,1-2H3,(H,52,53,56)(H,54,62,63)/t26-,29?,31-,39+/m1/s1. The molecule has 2 amide bonds. The van der Waals surface area contributed by atoms with Gasteiger partial charge in [0.2, 0.25) is 23.5 Å². The van der Waals surface area contributed by atoms with Gasteiger partial charge >= 0.3 is 12.1 Å². The maximum Gasteiger partial charge on any atom is 0.393 e. The number of rotatable bonds is 8. The first-order valence-corrected chi connectivity index (χ1v) is 22.5. The molecule has 4 aliphatic heterocycles. The number of amides is 2. The number of hydrogen-bond donors (Lipinski definition) is 3. The van der Waals surface area contributed by atoms with Gasteiger partial charge in [0.05, 0.1) is 46.5 Å². The maximum absolute atomic E-state index is 15.2. The predicted molar refractivity (Wildman–Crippen MR) is 234 cm³/mol. The smallest absolute Gasteiger partial charge is 0.393 e. The van der Waals surface area contributed by atoms with E-state index in [-0.39, 0.29) is 71.3 Å². The van der Waals surface area contributed by atoms with Crippen LogP contribution in [0.5, 0.6) is 5.75 Å². The number of aryl methyl sites for hydroxylation is 2. The Morgan fingerprint density at radius 2 is 1.74 bits per heavy atom. The molecule has 5 aliphatic rings. The second kappa shape index (κ2) is 16.4. The molecule has 3 N–H and O–H groups in total. The van der Waals surface area contributed by atoms with Gasteiger partial charge in [-0.2, -0.15) is 23.3 Å². The number of carbonyl (C=O) groups is 2. The number of benzene rings is 2. The minimum Gasteiger partial charge on any atom is -0.480 e. The summed E-state index contributed by atoms with van der Waals surface area (Å²) >= 11 is 6.55. The molecule has 3 saturated heterocycles. The lowest BCUT2D eigenvalue weighted by molar-refractivity contribution is -0.191. The Kier molecular flexibility index (Phi) is 10.9. The summed E-state index contributed by atoms with van der Waals surface area (Å²) in [7, 11) is 3.37. The number of nitrogens with one attached hydrogen (secondary N) is 3. The number of imide groups is 1. The molecule has 4 fully saturated rings. The summed E-state index contributed by atoms with van der Waals surface area (Å²) < 4.78 is 83.5.